The van der Waals surface area contributed by atoms with E-state index in [9.17, 15) is 4.79 Å². The second-order valence-corrected chi connectivity index (χ2v) is 5.64. The van der Waals surface area contributed by atoms with Crippen molar-refractivity contribution in [2.75, 3.05) is 25.6 Å². The largest absolute Gasteiger partial charge is 0.491 e. The van der Waals surface area contributed by atoms with E-state index < -0.39 is 6.10 Å². The monoisotopic (exact) mass is 343 g/mol. The number of rotatable bonds is 9. The lowest BCUT2D eigenvalue weighted by atomic mass is 10.2. The molecule has 0 spiro atoms. The van der Waals surface area contributed by atoms with Crippen molar-refractivity contribution in [1.29, 1.82) is 0 Å². The third kappa shape index (κ3) is 5.80. The minimum atomic E-state index is -0.556. The number of nitrogens with one attached hydrogen (secondary N) is 1. The maximum Gasteiger partial charge on any atom is 0.265 e. The molecule has 0 saturated heterocycles. The Bertz CT molecular complexity index is 687. The van der Waals surface area contributed by atoms with Crippen LogP contribution in [0.25, 0.3) is 0 Å². The van der Waals surface area contributed by atoms with Crippen molar-refractivity contribution in [2.45, 2.75) is 26.4 Å². The Morgan fingerprint density at radius 1 is 1.12 bits per heavy atom. The van der Waals surface area contributed by atoms with Crippen LogP contribution in [0.4, 0.5) is 5.69 Å². The molecule has 5 heteroatoms. The number of benzene rings is 2. The topological polar surface area (TPSA) is 56.8 Å². The Labute approximate surface area is 148 Å². The van der Waals surface area contributed by atoms with Crippen LogP contribution in [0.15, 0.2) is 48.5 Å². The fraction of sp³-hybridized carbons (Fsp3) is 0.350. The van der Waals surface area contributed by atoms with Gasteiger partial charge >= 0.3 is 0 Å². The number of methoxy groups -OCH3 is 1. The second kappa shape index (κ2) is 9.69. The van der Waals surface area contributed by atoms with Crippen LogP contribution in [0.2, 0.25) is 0 Å². The first-order chi connectivity index (χ1) is 12.1. The molecule has 1 atom stereocenters. The fourth-order valence-corrected chi connectivity index (χ4v) is 2.29. The maximum atomic E-state index is 12.5. The number of ether oxygens (including phenoxy) is 3. The molecule has 0 saturated carbocycles. The molecule has 5 nitrogen and oxygen atoms in total. The summed E-state index contributed by atoms with van der Waals surface area (Å²) < 4.78 is 16.4. The summed E-state index contributed by atoms with van der Waals surface area (Å²) in [7, 11) is 1.62. The van der Waals surface area contributed by atoms with Crippen molar-refractivity contribution in [2.24, 2.45) is 0 Å². The second-order valence-electron chi connectivity index (χ2n) is 5.64. The number of aryl methyl sites for hydroxylation is 1. The summed E-state index contributed by atoms with van der Waals surface area (Å²) in [4.78, 5) is 12.5. The van der Waals surface area contributed by atoms with Crippen LogP contribution in [0, 0.1) is 6.92 Å². The molecule has 25 heavy (non-hydrogen) atoms. The summed E-state index contributed by atoms with van der Waals surface area (Å²) in [5.74, 6) is 1.23. The first-order valence-corrected chi connectivity index (χ1v) is 8.39. The van der Waals surface area contributed by atoms with Gasteiger partial charge in [-0.1, -0.05) is 31.2 Å². The summed E-state index contributed by atoms with van der Waals surface area (Å²) in [6.45, 7) is 4.86. The molecule has 0 fully saturated rings. The highest BCUT2D eigenvalue weighted by atomic mass is 16.5. The molecule has 1 amide bonds. The van der Waals surface area contributed by atoms with E-state index in [1.165, 1.54) is 0 Å². The Hall–Kier alpha value is -2.53. The van der Waals surface area contributed by atoms with E-state index >= 15 is 0 Å². The molecule has 0 heterocycles. The molecular weight excluding hydrogens is 318 g/mol. The van der Waals surface area contributed by atoms with Gasteiger partial charge in [-0.3, -0.25) is 4.79 Å². The molecule has 2 rings (SSSR count). The highest BCUT2D eigenvalue weighted by Gasteiger charge is 2.19. The molecule has 0 radical (unpaired) electrons. The number of carbonyl (C=O) groups is 1. The molecular formula is C20H25NO4. The number of hydrogen-bond donors (Lipinski definition) is 1. The predicted molar refractivity (Wildman–Crippen MR) is 98.3 cm³/mol. The molecule has 0 aliphatic rings. The van der Waals surface area contributed by atoms with Crippen LogP contribution in [-0.2, 0) is 9.53 Å². The third-order valence-corrected chi connectivity index (χ3v) is 3.68. The zero-order chi connectivity index (χ0) is 18.1. The first kappa shape index (κ1) is 18.8. The Morgan fingerprint density at radius 3 is 2.64 bits per heavy atom. The van der Waals surface area contributed by atoms with E-state index in [-0.39, 0.29) is 5.91 Å². The molecule has 1 N–H and O–H groups in total. The lowest BCUT2D eigenvalue weighted by Gasteiger charge is -2.18. The minimum Gasteiger partial charge on any atom is -0.491 e. The van der Waals surface area contributed by atoms with E-state index in [2.05, 4.69) is 5.32 Å². The van der Waals surface area contributed by atoms with Gasteiger partial charge < -0.3 is 19.5 Å². The van der Waals surface area contributed by atoms with Crippen molar-refractivity contribution in [3.05, 3.63) is 54.1 Å². The van der Waals surface area contributed by atoms with Gasteiger partial charge in [-0.2, -0.15) is 0 Å². The van der Waals surface area contributed by atoms with Crippen LogP contribution in [0.5, 0.6) is 11.5 Å². The molecule has 0 aliphatic carbocycles. The van der Waals surface area contributed by atoms with Gasteiger partial charge in [0.05, 0.1) is 6.61 Å². The molecule has 0 bridgehead atoms. The number of carbonyl (C=O) groups excluding carboxylic acids is 1. The average Bonchev–Trinajstić information content (AvgIpc) is 2.61. The van der Waals surface area contributed by atoms with E-state index in [1.807, 2.05) is 56.3 Å². The van der Waals surface area contributed by atoms with Crippen molar-refractivity contribution in [3.8, 4) is 11.5 Å². The van der Waals surface area contributed by atoms with E-state index in [0.717, 1.165) is 11.3 Å². The van der Waals surface area contributed by atoms with Gasteiger partial charge in [-0.05, 0) is 37.1 Å². The maximum absolute atomic E-state index is 12.5. The Kier molecular flexibility index (Phi) is 7.29. The zero-order valence-electron chi connectivity index (χ0n) is 15.0. The lowest BCUT2D eigenvalue weighted by Crippen LogP contribution is -2.32. The minimum absolute atomic E-state index is 0.181. The first-order valence-electron chi connectivity index (χ1n) is 8.39. The molecule has 0 aliphatic heterocycles. The van der Waals surface area contributed by atoms with Gasteiger partial charge in [0.2, 0.25) is 0 Å². The third-order valence-electron chi connectivity index (χ3n) is 3.68. The normalized spacial score (nSPS) is 11.6. The zero-order valence-corrected chi connectivity index (χ0v) is 15.0. The van der Waals surface area contributed by atoms with Gasteiger partial charge in [0.1, 0.15) is 18.1 Å². The van der Waals surface area contributed by atoms with Crippen molar-refractivity contribution in [3.63, 3.8) is 0 Å². The average molecular weight is 343 g/mol. The van der Waals surface area contributed by atoms with Gasteiger partial charge in [-0.15, -0.1) is 0 Å². The van der Waals surface area contributed by atoms with Gasteiger partial charge in [0.15, 0.2) is 6.10 Å². The van der Waals surface area contributed by atoms with Crippen LogP contribution in [-0.4, -0.2) is 32.3 Å². The van der Waals surface area contributed by atoms with Crippen molar-refractivity contribution < 1.29 is 19.0 Å². The molecule has 2 aromatic carbocycles. The summed E-state index contributed by atoms with van der Waals surface area (Å²) in [6, 6.07) is 14.9. The highest BCUT2D eigenvalue weighted by Crippen LogP contribution is 2.21. The summed E-state index contributed by atoms with van der Waals surface area (Å²) in [6.07, 6.45) is 0.0173. The van der Waals surface area contributed by atoms with Gasteiger partial charge in [0, 0.05) is 18.9 Å². The molecule has 134 valence electrons. The van der Waals surface area contributed by atoms with E-state index in [0.29, 0.717) is 31.1 Å². The van der Waals surface area contributed by atoms with E-state index in [4.69, 9.17) is 14.2 Å². The molecule has 0 aromatic heterocycles. The molecule has 2 aromatic rings. The van der Waals surface area contributed by atoms with Crippen LogP contribution in [0.1, 0.15) is 18.9 Å². The summed E-state index contributed by atoms with van der Waals surface area (Å²) >= 11 is 0. The van der Waals surface area contributed by atoms with Crippen molar-refractivity contribution in [1.82, 2.24) is 0 Å². The standard InChI is InChI=1S/C20H25NO4/c1-4-18(25-19-11-6-5-8-15(19)2)20(22)21-16-9-7-10-17(14-16)24-13-12-23-3/h5-11,14,18H,4,12-13H2,1-3H3,(H,21,22). The van der Waals surface area contributed by atoms with E-state index in [1.54, 1.807) is 13.2 Å². The van der Waals surface area contributed by atoms with Crippen molar-refractivity contribution >= 4 is 11.6 Å². The number of amides is 1. The van der Waals surface area contributed by atoms with Gasteiger partial charge in [0.25, 0.3) is 5.91 Å². The SMILES string of the molecule is CCC(Oc1ccccc1C)C(=O)Nc1cccc(OCCOC)c1. The predicted octanol–water partition coefficient (Wildman–Crippen LogP) is 3.82. The number of anilines is 1. The highest BCUT2D eigenvalue weighted by molar-refractivity contribution is 5.94. The van der Waals surface area contributed by atoms with Crippen LogP contribution in [0.3, 0.4) is 0 Å². The lowest BCUT2D eigenvalue weighted by molar-refractivity contribution is -0.122. The smallest absolute Gasteiger partial charge is 0.265 e. The Morgan fingerprint density at radius 2 is 1.92 bits per heavy atom. The summed E-state index contributed by atoms with van der Waals surface area (Å²) in [5.41, 5.74) is 1.68. The fourth-order valence-electron chi connectivity index (χ4n) is 2.29. The number of para-hydroxylation sites is 1. The van der Waals surface area contributed by atoms with Crippen LogP contribution >= 0.6 is 0 Å². The summed E-state index contributed by atoms with van der Waals surface area (Å²) in [5, 5.41) is 2.89. The van der Waals surface area contributed by atoms with Gasteiger partial charge in [-0.25, -0.2) is 0 Å². The Balaban J connectivity index is 1.99. The quantitative estimate of drug-likeness (QED) is 0.703. The number of hydrogen-bond acceptors (Lipinski definition) is 4. The van der Waals surface area contributed by atoms with Crippen LogP contribution < -0.4 is 14.8 Å². The molecule has 1 unspecified atom stereocenters.